The van der Waals surface area contributed by atoms with Gasteiger partial charge in [0.25, 0.3) is 0 Å². The molecule has 28 heavy (non-hydrogen) atoms. The maximum atomic E-state index is 6.12. The molecule has 3 aromatic rings. The van der Waals surface area contributed by atoms with Gasteiger partial charge in [0, 0.05) is 42.6 Å². The fourth-order valence-electron chi connectivity index (χ4n) is 3.44. The van der Waals surface area contributed by atoms with Gasteiger partial charge < -0.3 is 15.1 Å². The van der Waals surface area contributed by atoms with Crippen molar-refractivity contribution in [1.82, 2.24) is 15.2 Å². The van der Waals surface area contributed by atoms with Crippen molar-refractivity contribution in [1.29, 1.82) is 0 Å². The van der Waals surface area contributed by atoms with Crippen molar-refractivity contribution < 1.29 is 0 Å². The van der Waals surface area contributed by atoms with Gasteiger partial charge in [0.1, 0.15) is 0 Å². The lowest BCUT2D eigenvalue weighted by Gasteiger charge is -2.36. The van der Waals surface area contributed by atoms with Gasteiger partial charge in [-0.25, -0.2) is 0 Å². The van der Waals surface area contributed by atoms with E-state index in [9.17, 15) is 0 Å². The lowest BCUT2D eigenvalue weighted by atomic mass is 10.1. The SMILES string of the molecule is Cc1ccc(Nc2nncc(N3CCN(c4cccc(Cl)c4)CC3)n2)c(C)c1. The predicted octanol–water partition coefficient (Wildman–Crippen LogP) is 4.21. The summed E-state index contributed by atoms with van der Waals surface area (Å²) in [4.78, 5) is 9.25. The van der Waals surface area contributed by atoms with Gasteiger partial charge in [0.05, 0.1) is 6.20 Å². The second kappa shape index (κ2) is 8.02. The van der Waals surface area contributed by atoms with Crippen LogP contribution in [0.25, 0.3) is 0 Å². The van der Waals surface area contributed by atoms with Crippen molar-refractivity contribution in [2.75, 3.05) is 41.3 Å². The molecule has 2 aromatic carbocycles. The molecule has 0 aliphatic carbocycles. The summed E-state index contributed by atoms with van der Waals surface area (Å²) in [6.07, 6.45) is 1.72. The van der Waals surface area contributed by atoms with Gasteiger partial charge in [-0.3, -0.25) is 0 Å². The van der Waals surface area contributed by atoms with Crippen LogP contribution in [0.3, 0.4) is 0 Å². The zero-order valence-electron chi connectivity index (χ0n) is 16.1. The first-order valence-corrected chi connectivity index (χ1v) is 9.76. The number of nitrogens with one attached hydrogen (secondary N) is 1. The summed E-state index contributed by atoms with van der Waals surface area (Å²) in [5.74, 6) is 1.36. The number of rotatable bonds is 4. The van der Waals surface area contributed by atoms with E-state index in [1.807, 2.05) is 24.3 Å². The minimum atomic E-state index is 0.515. The molecule has 0 radical (unpaired) electrons. The van der Waals surface area contributed by atoms with Crippen molar-refractivity contribution in [3.63, 3.8) is 0 Å². The second-order valence-electron chi connectivity index (χ2n) is 7.04. The largest absolute Gasteiger partial charge is 0.368 e. The smallest absolute Gasteiger partial charge is 0.249 e. The Hall–Kier alpha value is -2.86. The second-order valence-corrected chi connectivity index (χ2v) is 7.47. The van der Waals surface area contributed by atoms with Crippen LogP contribution >= 0.6 is 11.6 Å². The molecule has 0 unspecified atom stereocenters. The number of nitrogens with zero attached hydrogens (tertiary/aromatic N) is 5. The van der Waals surface area contributed by atoms with E-state index >= 15 is 0 Å². The van der Waals surface area contributed by atoms with Crippen LogP contribution in [0.15, 0.2) is 48.7 Å². The first kappa shape index (κ1) is 18.5. The van der Waals surface area contributed by atoms with Gasteiger partial charge in [0.15, 0.2) is 5.82 Å². The van der Waals surface area contributed by atoms with Crippen LogP contribution < -0.4 is 15.1 Å². The number of anilines is 4. The third-order valence-corrected chi connectivity index (χ3v) is 5.19. The van der Waals surface area contributed by atoms with E-state index in [0.717, 1.165) is 54.0 Å². The van der Waals surface area contributed by atoms with E-state index in [0.29, 0.717) is 5.95 Å². The van der Waals surface area contributed by atoms with E-state index in [-0.39, 0.29) is 0 Å². The Labute approximate surface area is 170 Å². The van der Waals surface area contributed by atoms with Crippen LogP contribution in [0, 0.1) is 13.8 Å². The number of piperazine rings is 1. The molecule has 1 N–H and O–H groups in total. The number of hydrogen-bond donors (Lipinski definition) is 1. The number of hydrogen-bond acceptors (Lipinski definition) is 6. The molecule has 1 aromatic heterocycles. The van der Waals surface area contributed by atoms with Crippen LogP contribution in [-0.4, -0.2) is 41.4 Å². The van der Waals surface area contributed by atoms with E-state index in [2.05, 4.69) is 62.3 Å². The van der Waals surface area contributed by atoms with E-state index in [4.69, 9.17) is 11.6 Å². The summed E-state index contributed by atoms with van der Waals surface area (Å²) >= 11 is 6.12. The number of aryl methyl sites for hydroxylation is 2. The van der Waals surface area contributed by atoms with Gasteiger partial charge in [-0.1, -0.05) is 35.4 Å². The summed E-state index contributed by atoms with van der Waals surface area (Å²) in [6, 6.07) is 14.2. The summed E-state index contributed by atoms with van der Waals surface area (Å²) in [6.45, 7) is 7.71. The molecule has 0 saturated carbocycles. The van der Waals surface area contributed by atoms with Gasteiger partial charge in [-0.2, -0.15) is 10.1 Å². The van der Waals surface area contributed by atoms with Crippen molar-refractivity contribution in [2.24, 2.45) is 0 Å². The molecule has 0 spiro atoms. The van der Waals surface area contributed by atoms with Crippen molar-refractivity contribution >= 4 is 34.7 Å². The standard InChI is InChI=1S/C21H23ClN6/c1-15-6-7-19(16(2)12-15)24-21-25-20(14-23-26-21)28-10-8-27(9-11-28)18-5-3-4-17(22)13-18/h3-7,12-14H,8-11H2,1-2H3,(H,24,25,26). The average molecular weight is 395 g/mol. The van der Waals surface area contributed by atoms with Gasteiger partial charge in [-0.05, 0) is 43.7 Å². The summed E-state index contributed by atoms with van der Waals surface area (Å²) in [5, 5.41) is 12.3. The summed E-state index contributed by atoms with van der Waals surface area (Å²) < 4.78 is 0. The van der Waals surface area contributed by atoms with E-state index in [1.54, 1.807) is 6.20 Å². The van der Waals surface area contributed by atoms with Crippen molar-refractivity contribution in [3.8, 4) is 0 Å². The molecule has 144 valence electrons. The van der Waals surface area contributed by atoms with E-state index < -0.39 is 0 Å². The first-order valence-electron chi connectivity index (χ1n) is 9.38. The molecule has 0 atom stereocenters. The molecule has 1 aliphatic rings. The highest BCUT2D eigenvalue weighted by atomic mass is 35.5. The molecule has 1 aliphatic heterocycles. The Bertz CT molecular complexity index is 969. The molecule has 1 saturated heterocycles. The Morgan fingerprint density at radius 3 is 2.50 bits per heavy atom. The molecule has 2 heterocycles. The molecule has 7 heteroatoms. The minimum absolute atomic E-state index is 0.515. The zero-order chi connectivity index (χ0) is 19.5. The van der Waals surface area contributed by atoms with Crippen molar-refractivity contribution in [3.05, 3.63) is 64.8 Å². The van der Waals surface area contributed by atoms with Crippen LogP contribution in [0.1, 0.15) is 11.1 Å². The molecule has 1 fully saturated rings. The Balaban J connectivity index is 1.44. The molecule has 6 nitrogen and oxygen atoms in total. The monoisotopic (exact) mass is 394 g/mol. The highest BCUT2D eigenvalue weighted by molar-refractivity contribution is 6.30. The Morgan fingerprint density at radius 2 is 1.75 bits per heavy atom. The highest BCUT2D eigenvalue weighted by Crippen LogP contribution is 2.23. The van der Waals surface area contributed by atoms with Crippen molar-refractivity contribution in [2.45, 2.75) is 13.8 Å². The average Bonchev–Trinajstić information content (AvgIpc) is 2.71. The summed E-state index contributed by atoms with van der Waals surface area (Å²) in [7, 11) is 0. The van der Waals surface area contributed by atoms with E-state index in [1.165, 1.54) is 5.56 Å². The zero-order valence-corrected chi connectivity index (χ0v) is 16.8. The normalized spacial score (nSPS) is 14.2. The highest BCUT2D eigenvalue weighted by Gasteiger charge is 2.19. The topological polar surface area (TPSA) is 57.2 Å². The number of halogens is 1. The number of aromatic nitrogens is 3. The third kappa shape index (κ3) is 4.17. The lowest BCUT2D eigenvalue weighted by Crippen LogP contribution is -2.46. The lowest BCUT2D eigenvalue weighted by molar-refractivity contribution is 0.645. The van der Waals surface area contributed by atoms with Crippen LogP contribution in [0.4, 0.5) is 23.1 Å². The van der Waals surface area contributed by atoms with Crippen LogP contribution in [0.2, 0.25) is 5.02 Å². The molecule has 4 rings (SSSR count). The Kier molecular flexibility index (Phi) is 5.30. The first-order chi connectivity index (χ1) is 13.6. The van der Waals surface area contributed by atoms with Crippen LogP contribution in [0.5, 0.6) is 0 Å². The minimum Gasteiger partial charge on any atom is -0.368 e. The van der Waals surface area contributed by atoms with Gasteiger partial charge in [-0.15, -0.1) is 5.10 Å². The van der Waals surface area contributed by atoms with Gasteiger partial charge >= 0.3 is 0 Å². The number of benzene rings is 2. The molecular weight excluding hydrogens is 372 g/mol. The maximum absolute atomic E-state index is 6.12. The fourth-order valence-corrected chi connectivity index (χ4v) is 3.63. The third-order valence-electron chi connectivity index (χ3n) is 4.95. The predicted molar refractivity (Wildman–Crippen MR) is 115 cm³/mol. The van der Waals surface area contributed by atoms with Crippen LogP contribution in [-0.2, 0) is 0 Å². The molecule has 0 bridgehead atoms. The molecule has 0 amide bonds. The quantitative estimate of drug-likeness (QED) is 0.715. The Morgan fingerprint density at radius 1 is 0.964 bits per heavy atom. The van der Waals surface area contributed by atoms with Gasteiger partial charge in [0.2, 0.25) is 5.95 Å². The maximum Gasteiger partial charge on any atom is 0.249 e. The fraction of sp³-hybridized carbons (Fsp3) is 0.286. The summed E-state index contributed by atoms with van der Waals surface area (Å²) in [5.41, 5.74) is 4.54. The molecular formula is C21H23ClN6.